The number of hydrogen-bond donors (Lipinski definition) is 2. The Morgan fingerprint density at radius 3 is 2.54 bits per heavy atom. The van der Waals surface area contributed by atoms with E-state index in [0.717, 1.165) is 16.3 Å². The summed E-state index contributed by atoms with van der Waals surface area (Å²) < 4.78 is 17.4. The first-order chi connectivity index (χ1) is 17.9. The van der Waals surface area contributed by atoms with Gasteiger partial charge in [-0.05, 0) is 35.7 Å². The molecule has 2 fully saturated rings. The fraction of sp³-hybridized carbons (Fsp3) is 0.296. The van der Waals surface area contributed by atoms with E-state index in [0.29, 0.717) is 44.9 Å². The predicted octanol–water partition coefficient (Wildman–Crippen LogP) is 3.71. The summed E-state index contributed by atoms with van der Waals surface area (Å²) in [6.07, 6.45) is 2.85. The fourth-order valence-corrected chi connectivity index (χ4v) is 4.70. The van der Waals surface area contributed by atoms with Gasteiger partial charge in [0.05, 0.1) is 24.5 Å². The van der Waals surface area contributed by atoms with E-state index in [-0.39, 0.29) is 28.8 Å². The molecule has 3 aromatic carbocycles. The van der Waals surface area contributed by atoms with E-state index in [1.165, 1.54) is 24.4 Å². The molecule has 0 atom stereocenters. The summed E-state index contributed by atoms with van der Waals surface area (Å²) >= 11 is 5.87. The molecule has 2 aliphatic rings. The van der Waals surface area contributed by atoms with Gasteiger partial charge in [0.15, 0.2) is 12.4 Å². The van der Waals surface area contributed by atoms with Crippen molar-refractivity contribution in [1.29, 1.82) is 0 Å². The van der Waals surface area contributed by atoms with Gasteiger partial charge in [0.2, 0.25) is 0 Å². The quantitative estimate of drug-likeness (QED) is 0.376. The maximum absolute atomic E-state index is 12.8. The summed E-state index contributed by atoms with van der Waals surface area (Å²) in [6.45, 7) is 2.27. The van der Waals surface area contributed by atoms with E-state index < -0.39 is 11.7 Å². The highest BCUT2D eigenvalue weighted by atomic mass is 35.5. The molecule has 0 aliphatic carbocycles. The smallest absolute Gasteiger partial charge is 0.271 e. The maximum Gasteiger partial charge on any atom is 0.271 e. The highest BCUT2D eigenvalue weighted by Gasteiger charge is 2.40. The number of hydrazone groups is 1. The Balaban J connectivity index is 1.22. The number of amides is 2. The van der Waals surface area contributed by atoms with Gasteiger partial charge in [-0.25, -0.2) is 5.43 Å². The molecule has 0 saturated carbocycles. The number of benzene rings is 3. The summed E-state index contributed by atoms with van der Waals surface area (Å²) in [6, 6.07) is 15.4. The first-order valence-corrected chi connectivity index (χ1v) is 12.3. The van der Waals surface area contributed by atoms with Crippen molar-refractivity contribution in [1.82, 2.24) is 10.3 Å². The number of phenolic OH excluding ortho intramolecular Hbond substituents is 1. The molecular weight excluding hydrogens is 498 g/mol. The van der Waals surface area contributed by atoms with Gasteiger partial charge >= 0.3 is 0 Å². The van der Waals surface area contributed by atoms with E-state index in [4.69, 9.17) is 25.8 Å². The van der Waals surface area contributed by atoms with Crippen molar-refractivity contribution in [3.05, 3.63) is 70.7 Å². The second kappa shape index (κ2) is 10.8. The Morgan fingerprint density at radius 1 is 1.08 bits per heavy atom. The SMILES string of the molecule is O=C(N/N=C/c1ccc(OCC(=O)N2CCC3(CC2)OCCO3)c2ccccc12)c1ccc(O)c(Cl)c1. The van der Waals surface area contributed by atoms with Gasteiger partial charge in [-0.1, -0.05) is 35.9 Å². The number of fused-ring (bicyclic) bond motifs is 1. The Bertz CT molecular complexity index is 1350. The number of halogens is 1. The number of piperidine rings is 1. The standard InChI is InChI=1S/C27H26ClN3O6/c28-22-15-18(5-7-23(22)32)26(34)30-29-16-19-6-8-24(21-4-2-1-3-20(19)21)35-17-25(33)31-11-9-27(10-12-31)36-13-14-37-27/h1-8,15-16,32H,9-14,17H2,(H,30,34)/b29-16+. The van der Waals surface area contributed by atoms with E-state index >= 15 is 0 Å². The minimum atomic E-state index is -0.526. The first-order valence-electron chi connectivity index (χ1n) is 12.0. The number of phenols is 1. The minimum absolute atomic E-state index is 0.0720. The largest absolute Gasteiger partial charge is 0.506 e. The molecule has 2 aliphatic heterocycles. The summed E-state index contributed by atoms with van der Waals surface area (Å²) in [4.78, 5) is 26.9. The lowest BCUT2D eigenvalue weighted by Crippen LogP contribution is -2.48. The summed E-state index contributed by atoms with van der Waals surface area (Å²) in [5.41, 5.74) is 3.49. The molecule has 9 nitrogen and oxygen atoms in total. The number of likely N-dealkylation sites (tertiary alicyclic amines) is 1. The van der Waals surface area contributed by atoms with Crippen LogP contribution in [0.3, 0.4) is 0 Å². The molecule has 0 aromatic heterocycles. The molecule has 37 heavy (non-hydrogen) atoms. The molecular formula is C27H26ClN3O6. The van der Waals surface area contributed by atoms with E-state index in [1.807, 2.05) is 30.3 Å². The average molecular weight is 524 g/mol. The van der Waals surface area contributed by atoms with Crippen LogP contribution in [0, 0.1) is 0 Å². The highest BCUT2D eigenvalue weighted by Crippen LogP contribution is 2.32. The Labute approximate surface area is 218 Å². The van der Waals surface area contributed by atoms with Crippen molar-refractivity contribution in [2.75, 3.05) is 32.9 Å². The normalized spacial score (nSPS) is 16.9. The molecule has 0 bridgehead atoms. The van der Waals surface area contributed by atoms with Crippen LogP contribution in [0.25, 0.3) is 10.8 Å². The van der Waals surface area contributed by atoms with E-state index in [9.17, 15) is 14.7 Å². The zero-order valence-corrected chi connectivity index (χ0v) is 20.7. The van der Waals surface area contributed by atoms with Crippen molar-refractivity contribution >= 4 is 40.4 Å². The van der Waals surface area contributed by atoms with Gasteiger partial charge < -0.3 is 24.2 Å². The zero-order valence-electron chi connectivity index (χ0n) is 20.0. The molecule has 2 amide bonds. The predicted molar refractivity (Wildman–Crippen MR) is 138 cm³/mol. The lowest BCUT2D eigenvalue weighted by Gasteiger charge is -2.37. The van der Waals surface area contributed by atoms with Crippen LogP contribution in [-0.2, 0) is 14.3 Å². The molecule has 2 heterocycles. The molecule has 2 saturated heterocycles. The number of nitrogens with zero attached hydrogens (tertiary/aromatic N) is 2. The van der Waals surface area contributed by atoms with E-state index in [2.05, 4.69) is 10.5 Å². The number of carbonyl (C=O) groups is 2. The molecule has 5 rings (SSSR count). The van der Waals surface area contributed by atoms with Crippen LogP contribution in [0.5, 0.6) is 11.5 Å². The molecule has 2 N–H and O–H groups in total. The van der Waals surface area contributed by atoms with Crippen LogP contribution in [0.1, 0.15) is 28.8 Å². The van der Waals surface area contributed by atoms with Gasteiger partial charge in [-0.3, -0.25) is 9.59 Å². The van der Waals surface area contributed by atoms with Gasteiger partial charge in [-0.15, -0.1) is 0 Å². The number of carbonyl (C=O) groups excluding carboxylic acids is 2. The lowest BCUT2D eigenvalue weighted by atomic mass is 10.0. The van der Waals surface area contributed by atoms with Gasteiger partial charge in [0.25, 0.3) is 11.8 Å². The molecule has 3 aromatic rings. The topological polar surface area (TPSA) is 110 Å². The molecule has 0 radical (unpaired) electrons. The average Bonchev–Trinajstić information content (AvgIpc) is 3.37. The van der Waals surface area contributed by atoms with Gasteiger partial charge in [-0.2, -0.15) is 5.10 Å². The summed E-state index contributed by atoms with van der Waals surface area (Å²) in [5.74, 6) is -0.591. The number of rotatable bonds is 6. The molecule has 0 unspecified atom stereocenters. The van der Waals surface area contributed by atoms with Crippen LogP contribution < -0.4 is 10.2 Å². The zero-order chi connectivity index (χ0) is 25.8. The number of nitrogens with one attached hydrogen (secondary N) is 1. The molecule has 1 spiro atoms. The van der Waals surface area contributed by atoms with Crippen molar-refractivity contribution in [2.24, 2.45) is 5.10 Å². The first kappa shape index (κ1) is 25.0. The second-order valence-electron chi connectivity index (χ2n) is 8.84. The van der Waals surface area contributed by atoms with E-state index in [1.54, 1.807) is 11.0 Å². The Kier molecular flexibility index (Phi) is 7.27. The van der Waals surface area contributed by atoms with Crippen molar-refractivity contribution in [3.8, 4) is 11.5 Å². The third kappa shape index (κ3) is 5.53. The fourth-order valence-electron chi connectivity index (χ4n) is 4.52. The summed E-state index contributed by atoms with van der Waals surface area (Å²) in [7, 11) is 0. The van der Waals surface area contributed by atoms with Crippen LogP contribution in [0.4, 0.5) is 0 Å². The third-order valence-corrected chi connectivity index (χ3v) is 6.84. The lowest BCUT2D eigenvalue weighted by molar-refractivity contribution is -0.187. The van der Waals surface area contributed by atoms with Crippen LogP contribution >= 0.6 is 11.6 Å². The molecule has 192 valence electrons. The maximum atomic E-state index is 12.8. The van der Waals surface area contributed by atoms with Crippen molar-refractivity contribution in [3.63, 3.8) is 0 Å². The Hall–Kier alpha value is -3.66. The van der Waals surface area contributed by atoms with Gasteiger partial charge in [0.1, 0.15) is 11.5 Å². The van der Waals surface area contributed by atoms with Crippen LogP contribution in [-0.4, -0.2) is 66.7 Å². The van der Waals surface area contributed by atoms with Crippen molar-refractivity contribution in [2.45, 2.75) is 18.6 Å². The van der Waals surface area contributed by atoms with Crippen molar-refractivity contribution < 1.29 is 28.9 Å². The number of aromatic hydroxyl groups is 1. The highest BCUT2D eigenvalue weighted by molar-refractivity contribution is 6.32. The summed E-state index contributed by atoms with van der Waals surface area (Å²) in [5, 5.41) is 15.3. The second-order valence-corrected chi connectivity index (χ2v) is 9.25. The number of ether oxygens (including phenoxy) is 3. The number of hydrogen-bond acceptors (Lipinski definition) is 7. The van der Waals surface area contributed by atoms with Crippen LogP contribution in [0.15, 0.2) is 59.7 Å². The minimum Gasteiger partial charge on any atom is -0.506 e. The van der Waals surface area contributed by atoms with Crippen LogP contribution in [0.2, 0.25) is 5.02 Å². The molecule has 10 heteroatoms. The van der Waals surface area contributed by atoms with Gasteiger partial charge in [0, 0.05) is 42.4 Å². The third-order valence-electron chi connectivity index (χ3n) is 6.54. The Morgan fingerprint density at radius 2 is 1.81 bits per heavy atom. The monoisotopic (exact) mass is 523 g/mol.